The Bertz CT molecular complexity index is 1550. The van der Waals surface area contributed by atoms with E-state index in [9.17, 15) is 22.2 Å². The summed E-state index contributed by atoms with van der Waals surface area (Å²) in [5.41, 5.74) is -0.601. The maximum atomic E-state index is 15.6. The molecule has 2 aromatic heterocycles. The molecule has 2 unspecified atom stereocenters. The van der Waals surface area contributed by atoms with Crippen molar-refractivity contribution in [2.24, 2.45) is 4.99 Å². The van der Waals surface area contributed by atoms with E-state index in [1.54, 1.807) is 19.9 Å². The standard InChI is InChI=1S/C27H23ClF5N3O2S/c1-4-8-35-25(19-6-5-7-22(24(19)31)39(38)27(32)33)21(30)14-36-16(3)10-20(23(28)26(36)37)15(2)9-17-11-18(29)13-34-12-17/h4-8,10-15,27H,9H2,1-3H3/b8-4+,21-14-,35-25+. The molecular weight excluding hydrogens is 561 g/mol. The van der Waals surface area contributed by atoms with Gasteiger partial charge in [0.1, 0.15) is 33.2 Å². The number of aliphatic imine (C=N–C) groups is 1. The second-order valence-electron chi connectivity index (χ2n) is 8.46. The van der Waals surface area contributed by atoms with Gasteiger partial charge in [0.25, 0.3) is 5.56 Å². The summed E-state index contributed by atoms with van der Waals surface area (Å²) in [7, 11) is -2.99. The third-order valence-corrected chi connectivity index (χ3v) is 7.11. The highest BCUT2D eigenvalue weighted by molar-refractivity contribution is 7.85. The summed E-state index contributed by atoms with van der Waals surface area (Å²) in [6.07, 6.45) is 6.22. The van der Waals surface area contributed by atoms with Crippen molar-refractivity contribution in [3.63, 3.8) is 0 Å². The number of nitrogens with zero attached hydrogens (tertiary/aromatic N) is 3. The summed E-state index contributed by atoms with van der Waals surface area (Å²) in [6, 6.07) is 6.03. The van der Waals surface area contributed by atoms with E-state index in [-0.39, 0.29) is 16.6 Å². The molecule has 0 radical (unpaired) electrons. The van der Waals surface area contributed by atoms with E-state index in [0.717, 1.165) is 41.4 Å². The van der Waals surface area contributed by atoms with Gasteiger partial charge >= 0.3 is 5.76 Å². The Hall–Kier alpha value is -3.44. The summed E-state index contributed by atoms with van der Waals surface area (Å²) in [6.45, 7) is 4.87. The molecule has 0 fully saturated rings. The summed E-state index contributed by atoms with van der Waals surface area (Å²) in [4.78, 5) is 20.0. The molecule has 206 valence electrons. The van der Waals surface area contributed by atoms with Crippen LogP contribution in [0.5, 0.6) is 0 Å². The maximum Gasteiger partial charge on any atom is 0.316 e. The number of allylic oxidation sites excluding steroid dienone is 2. The molecule has 0 aliphatic heterocycles. The van der Waals surface area contributed by atoms with Crippen molar-refractivity contribution in [2.45, 2.75) is 43.8 Å². The van der Waals surface area contributed by atoms with Gasteiger partial charge in [0.15, 0.2) is 5.83 Å². The molecule has 0 spiro atoms. The van der Waals surface area contributed by atoms with Crippen molar-refractivity contribution in [2.75, 3.05) is 0 Å². The minimum atomic E-state index is -3.35. The molecule has 39 heavy (non-hydrogen) atoms. The van der Waals surface area contributed by atoms with Crippen LogP contribution in [0.1, 0.15) is 42.1 Å². The predicted octanol–water partition coefficient (Wildman–Crippen LogP) is 6.95. The monoisotopic (exact) mass is 583 g/mol. The molecule has 1 aromatic carbocycles. The zero-order valence-electron chi connectivity index (χ0n) is 21.0. The van der Waals surface area contributed by atoms with Crippen molar-refractivity contribution in [3.8, 4) is 0 Å². The van der Waals surface area contributed by atoms with Crippen LogP contribution >= 0.6 is 11.6 Å². The fraction of sp³-hybridized carbons (Fsp3) is 0.222. The molecule has 3 aromatic rings. The number of pyridine rings is 2. The Morgan fingerprint density at radius 2 is 1.95 bits per heavy atom. The summed E-state index contributed by atoms with van der Waals surface area (Å²) >= 11 is 6.36. The summed E-state index contributed by atoms with van der Waals surface area (Å²) in [5.74, 6) is -6.69. The molecule has 2 heterocycles. The second kappa shape index (κ2) is 13.1. The van der Waals surface area contributed by atoms with Crippen LogP contribution in [0.2, 0.25) is 5.02 Å². The first-order valence-electron chi connectivity index (χ1n) is 11.5. The Balaban J connectivity index is 2.07. The Labute approximate surface area is 228 Å². The van der Waals surface area contributed by atoms with Gasteiger partial charge in [-0.3, -0.25) is 19.3 Å². The minimum Gasteiger partial charge on any atom is -0.284 e. The lowest BCUT2D eigenvalue weighted by atomic mass is 9.94. The predicted molar refractivity (Wildman–Crippen MR) is 142 cm³/mol. The SMILES string of the molecule is C/C=C/N=C(/C(F)=C/n1c(C)cc(C(C)Cc2cncc(F)c2)c(Cl)c1=O)c1cccc(S(=O)C(F)F)c1F. The van der Waals surface area contributed by atoms with Crippen LogP contribution < -0.4 is 5.56 Å². The Kier molecular flexibility index (Phi) is 10.1. The van der Waals surface area contributed by atoms with Gasteiger partial charge in [0.2, 0.25) is 0 Å². The van der Waals surface area contributed by atoms with Gasteiger partial charge in [0, 0.05) is 23.7 Å². The molecule has 0 saturated carbocycles. The van der Waals surface area contributed by atoms with Crippen LogP contribution in [-0.2, 0) is 17.2 Å². The van der Waals surface area contributed by atoms with Gasteiger partial charge in [-0.25, -0.2) is 17.4 Å². The second-order valence-corrected chi connectivity index (χ2v) is 10.2. The normalized spacial score (nSPS) is 14.3. The maximum absolute atomic E-state index is 15.6. The van der Waals surface area contributed by atoms with Crippen LogP contribution in [0.25, 0.3) is 6.20 Å². The van der Waals surface area contributed by atoms with E-state index >= 15 is 8.78 Å². The number of aryl methyl sites for hydroxylation is 1. The molecule has 2 atom stereocenters. The van der Waals surface area contributed by atoms with Gasteiger partial charge in [-0.2, -0.15) is 8.78 Å². The third-order valence-electron chi connectivity index (χ3n) is 5.66. The van der Waals surface area contributed by atoms with Crippen LogP contribution in [-0.4, -0.2) is 25.2 Å². The van der Waals surface area contributed by atoms with E-state index < -0.39 is 55.7 Å². The highest BCUT2D eigenvalue weighted by atomic mass is 35.5. The molecule has 3 rings (SSSR count). The lowest BCUT2D eigenvalue weighted by molar-refractivity contribution is 0.243. The molecule has 0 N–H and O–H groups in total. The summed E-state index contributed by atoms with van der Waals surface area (Å²) < 4.78 is 82.9. The van der Waals surface area contributed by atoms with Crippen molar-refractivity contribution < 1.29 is 26.2 Å². The molecule has 0 aliphatic rings. The fourth-order valence-electron chi connectivity index (χ4n) is 3.83. The van der Waals surface area contributed by atoms with Crippen LogP contribution in [0.4, 0.5) is 22.0 Å². The largest absolute Gasteiger partial charge is 0.316 e. The number of halogens is 6. The molecule has 12 heteroatoms. The van der Waals surface area contributed by atoms with E-state index in [4.69, 9.17) is 11.6 Å². The Morgan fingerprint density at radius 3 is 2.59 bits per heavy atom. The van der Waals surface area contributed by atoms with E-state index in [0.29, 0.717) is 17.5 Å². The lowest BCUT2D eigenvalue weighted by Gasteiger charge is -2.17. The molecule has 0 bridgehead atoms. The number of hydrogen-bond donors (Lipinski definition) is 0. The first-order valence-corrected chi connectivity index (χ1v) is 13.1. The lowest BCUT2D eigenvalue weighted by Crippen LogP contribution is -2.22. The topological polar surface area (TPSA) is 64.3 Å². The fourth-order valence-corrected chi connectivity index (χ4v) is 4.85. The quantitative estimate of drug-likeness (QED) is 0.202. The van der Waals surface area contributed by atoms with E-state index in [1.165, 1.54) is 25.3 Å². The van der Waals surface area contributed by atoms with Crippen molar-refractivity contribution in [1.82, 2.24) is 9.55 Å². The number of benzene rings is 1. The van der Waals surface area contributed by atoms with Gasteiger partial charge in [-0.15, -0.1) is 0 Å². The molecule has 0 aliphatic carbocycles. The van der Waals surface area contributed by atoms with Gasteiger partial charge in [0.05, 0.1) is 17.3 Å². The number of hydrogen-bond acceptors (Lipinski definition) is 4. The average Bonchev–Trinajstić information content (AvgIpc) is 2.89. The molecule has 0 amide bonds. The van der Waals surface area contributed by atoms with Crippen LogP contribution in [0.15, 0.2) is 75.5 Å². The van der Waals surface area contributed by atoms with Crippen molar-refractivity contribution >= 4 is 34.3 Å². The van der Waals surface area contributed by atoms with Crippen LogP contribution in [0.3, 0.4) is 0 Å². The first kappa shape index (κ1) is 30.1. The van der Waals surface area contributed by atoms with E-state index in [1.807, 2.05) is 0 Å². The molecular formula is C27H23ClF5N3O2S. The van der Waals surface area contributed by atoms with Gasteiger partial charge in [-0.1, -0.05) is 30.7 Å². The van der Waals surface area contributed by atoms with Crippen molar-refractivity contribution in [1.29, 1.82) is 0 Å². The van der Waals surface area contributed by atoms with Gasteiger partial charge < -0.3 is 0 Å². The van der Waals surface area contributed by atoms with E-state index in [2.05, 4.69) is 9.98 Å². The number of aromatic nitrogens is 2. The molecule has 0 saturated heterocycles. The Morgan fingerprint density at radius 1 is 1.23 bits per heavy atom. The summed E-state index contributed by atoms with van der Waals surface area (Å²) in [5, 5.41) is -0.200. The highest BCUT2D eigenvalue weighted by Gasteiger charge is 2.25. The van der Waals surface area contributed by atoms with Crippen LogP contribution in [0, 0.1) is 18.6 Å². The smallest absolute Gasteiger partial charge is 0.284 e. The number of rotatable bonds is 9. The first-order chi connectivity index (χ1) is 18.5. The minimum absolute atomic E-state index is 0.200. The third kappa shape index (κ3) is 6.96. The molecule has 5 nitrogen and oxygen atoms in total. The van der Waals surface area contributed by atoms with Gasteiger partial charge in [-0.05, 0) is 61.6 Å². The van der Waals surface area contributed by atoms with Crippen molar-refractivity contribution in [3.05, 3.63) is 110 Å². The average molecular weight is 584 g/mol. The zero-order chi connectivity index (χ0) is 28.9. The number of alkyl halides is 2. The highest BCUT2D eigenvalue weighted by Crippen LogP contribution is 2.27. The zero-order valence-corrected chi connectivity index (χ0v) is 22.5.